The normalized spacial score (nSPS) is 15.7. The van der Waals surface area contributed by atoms with Crippen LogP contribution in [-0.4, -0.2) is 7.85 Å². The summed E-state index contributed by atoms with van der Waals surface area (Å²) in [6.07, 6.45) is 3.68. The Hall–Kier alpha value is 0.0649. The predicted molar refractivity (Wildman–Crippen MR) is 71.4 cm³/mol. The molecule has 0 fully saturated rings. The Morgan fingerprint density at radius 2 is 1.27 bits per heavy atom. The van der Waals surface area contributed by atoms with Crippen LogP contribution < -0.4 is 0 Å². The van der Waals surface area contributed by atoms with Crippen molar-refractivity contribution in [2.24, 2.45) is 16.7 Å². The number of hydrogen-bond acceptors (Lipinski definition) is 0. The van der Waals surface area contributed by atoms with Gasteiger partial charge in [-0.3, -0.25) is 0 Å². The summed E-state index contributed by atoms with van der Waals surface area (Å²) < 4.78 is 0. The van der Waals surface area contributed by atoms with Crippen molar-refractivity contribution in [3.05, 3.63) is 0 Å². The van der Waals surface area contributed by atoms with Gasteiger partial charge in [-0.25, -0.2) is 0 Å². The predicted octanol–water partition coefficient (Wildman–Crippen LogP) is 4.84. The summed E-state index contributed by atoms with van der Waals surface area (Å²) in [4.78, 5) is 0. The first-order valence-electron chi connectivity index (χ1n) is 6.30. The van der Waals surface area contributed by atoms with E-state index in [1.54, 1.807) is 0 Å². The smallest absolute Gasteiger partial charge is 0.0696 e. The third kappa shape index (κ3) is 7.93. The minimum Gasteiger partial charge on any atom is -0.0797 e. The van der Waals surface area contributed by atoms with E-state index in [2.05, 4.69) is 48.5 Å². The molecule has 0 aromatic heterocycles. The summed E-state index contributed by atoms with van der Waals surface area (Å²) in [6.45, 7) is 16.2. The van der Waals surface area contributed by atoms with Gasteiger partial charge in [0.1, 0.15) is 0 Å². The zero-order valence-electron chi connectivity index (χ0n) is 11.9. The fourth-order valence-corrected chi connectivity index (χ4v) is 3.42. The average molecular weight is 208 g/mol. The highest BCUT2D eigenvalue weighted by molar-refractivity contribution is 6.11. The topological polar surface area (TPSA) is 0 Å². The first-order chi connectivity index (χ1) is 6.54. The summed E-state index contributed by atoms with van der Waals surface area (Å²) in [7, 11) is 5.90. The highest BCUT2D eigenvalue weighted by Gasteiger charge is 2.29. The highest BCUT2D eigenvalue weighted by Crippen LogP contribution is 2.41. The van der Waals surface area contributed by atoms with Crippen LogP contribution in [0.15, 0.2) is 0 Å². The Morgan fingerprint density at radius 3 is 1.60 bits per heavy atom. The Morgan fingerprint density at radius 1 is 0.867 bits per heavy atom. The van der Waals surface area contributed by atoms with Gasteiger partial charge in [0, 0.05) is 0 Å². The molecule has 0 saturated carbocycles. The molecule has 15 heavy (non-hydrogen) atoms. The summed E-state index contributed by atoms with van der Waals surface area (Å²) in [5.74, 6) is 1.10. The van der Waals surface area contributed by atoms with E-state index in [9.17, 15) is 0 Å². The minimum absolute atomic E-state index is 0.315. The van der Waals surface area contributed by atoms with Gasteiger partial charge in [0.2, 0.25) is 0 Å². The molecule has 1 atom stereocenters. The Bertz CT molecular complexity index is 158. The van der Waals surface area contributed by atoms with E-state index < -0.39 is 0 Å². The average Bonchev–Trinajstić information content (AvgIpc) is 1.73. The van der Waals surface area contributed by atoms with Gasteiger partial charge >= 0.3 is 0 Å². The van der Waals surface area contributed by atoms with Crippen LogP contribution in [-0.2, 0) is 0 Å². The van der Waals surface area contributed by atoms with Gasteiger partial charge in [0.15, 0.2) is 0 Å². The molecule has 0 aliphatic rings. The molecule has 0 N–H and O–H groups in total. The molecule has 0 aliphatic carbocycles. The van der Waals surface area contributed by atoms with Crippen molar-refractivity contribution < 1.29 is 0 Å². The molecule has 0 aromatic rings. The molecule has 0 nitrogen and oxygen atoms in total. The van der Waals surface area contributed by atoms with E-state index in [1.807, 2.05) is 0 Å². The first kappa shape index (κ1) is 15.1. The lowest BCUT2D eigenvalue weighted by Gasteiger charge is -2.37. The fraction of sp³-hybridized carbons (Fsp3) is 1.00. The van der Waals surface area contributed by atoms with E-state index in [-0.39, 0.29) is 0 Å². The lowest BCUT2D eigenvalue weighted by molar-refractivity contribution is 0.155. The molecular weight excluding hydrogens is 179 g/mol. The van der Waals surface area contributed by atoms with Crippen LogP contribution in [0.1, 0.15) is 67.7 Å². The second-order valence-electron chi connectivity index (χ2n) is 7.28. The van der Waals surface area contributed by atoms with Crippen molar-refractivity contribution >= 4 is 7.85 Å². The maximum Gasteiger partial charge on any atom is 0.0696 e. The standard InChI is InChI=1S/C14H29B/c1-11(2)8-13(4,5)10-14(6,7)9-12(3)15/h11-12H,8-10H2,1-7H3. The van der Waals surface area contributed by atoms with Crippen LogP contribution in [0.2, 0.25) is 5.82 Å². The van der Waals surface area contributed by atoms with Crippen LogP contribution in [0.25, 0.3) is 0 Å². The molecular formula is C14H29B. The van der Waals surface area contributed by atoms with Crippen LogP contribution in [0.5, 0.6) is 0 Å². The van der Waals surface area contributed by atoms with Crippen LogP contribution >= 0.6 is 0 Å². The molecule has 0 spiro atoms. The first-order valence-corrected chi connectivity index (χ1v) is 6.30. The monoisotopic (exact) mass is 208 g/mol. The molecule has 0 saturated heterocycles. The Labute approximate surface area is 98.6 Å². The fourth-order valence-electron chi connectivity index (χ4n) is 3.42. The lowest BCUT2D eigenvalue weighted by atomic mass is 9.66. The molecule has 0 rings (SSSR count). The van der Waals surface area contributed by atoms with Gasteiger partial charge in [-0.15, -0.1) is 0 Å². The van der Waals surface area contributed by atoms with Gasteiger partial charge in [0.25, 0.3) is 0 Å². The molecule has 0 aromatic carbocycles. The number of rotatable bonds is 6. The summed E-state index contributed by atoms with van der Waals surface area (Å²) >= 11 is 0. The zero-order valence-corrected chi connectivity index (χ0v) is 11.9. The summed E-state index contributed by atoms with van der Waals surface area (Å²) in [5.41, 5.74) is 0.805. The molecule has 2 radical (unpaired) electrons. The third-order valence-corrected chi connectivity index (χ3v) is 2.79. The van der Waals surface area contributed by atoms with Gasteiger partial charge in [-0.2, -0.15) is 0 Å². The molecule has 0 heterocycles. The molecule has 1 heteroatoms. The van der Waals surface area contributed by atoms with Gasteiger partial charge in [-0.1, -0.05) is 60.7 Å². The van der Waals surface area contributed by atoms with E-state index in [0.29, 0.717) is 16.6 Å². The minimum atomic E-state index is 0.315. The Balaban J connectivity index is 4.29. The van der Waals surface area contributed by atoms with Gasteiger partial charge < -0.3 is 0 Å². The van der Waals surface area contributed by atoms with E-state index in [1.165, 1.54) is 12.8 Å². The molecule has 0 amide bonds. The number of hydrogen-bond donors (Lipinski definition) is 0. The van der Waals surface area contributed by atoms with Crippen LogP contribution in [0.3, 0.4) is 0 Å². The quantitative estimate of drug-likeness (QED) is 0.548. The van der Waals surface area contributed by atoms with Crippen molar-refractivity contribution in [3.8, 4) is 0 Å². The molecule has 88 valence electrons. The maximum absolute atomic E-state index is 5.90. The van der Waals surface area contributed by atoms with Crippen LogP contribution in [0, 0.1) is 16.7 Å². The summed E-state index contributed by atoms with van der Waals surface area (Å²) in [6, 6.07) is 0. The molecule has 0 bridgehead atoms. The lowest BCUT2D eigenvalue weighted by Crippen LogP contribution is -2.25. The van der Waals surface area contributed by atoms with E-state index in [4.69, 9.17) is 7.85 Å². The highest BCUT2D eigenvalue weighted by atomic mass is 14.3. The molecule has 1 unspecified atom stereocenters. The largest absolute Gasteiger partial charge is 0.0797 e. The van der Waals surface area contributed by atoms with Gasteiger partial charge in [0.05, 0.1) is 7.85 Å². The second-order valence-corrected chi connectivity index (χ2v) is 7.28. The van der Waals surface area contributed by atoms with Crippen molar-refractivity contribution in [2.45, 2.75) is 73.5 Å². The van der Waals surface area contributed by atoms with E-state index in [0.717, 1.165) is 12.3 Å². The third-order valence-electron chi connectivity index (χ3n) is 2.79. The summed E-state index contributed by atoms with van der Waals surface area (Å²) in [5, 5.41) is 0. The van der Waals surface area contributed by atoms with Gasteiger partial charge in [-0.05, 0) is 29.6 Å². The SMILES string of the molecule is [B]C(C)CC(C)(C)CC(C)(C)CC(C)C. The Kier molecular flexibility index (Phi) is 5.43. The zero-order chi connectivity index (χ0) is 12.3. The maximum atomic E-state index is 5.90. The van der Waals surface area contributed by atoms with E-state index >= 15 is 0 Å². The van der Waals surface area contributed by atoms with Crippen LogP contribution in [0.4, 0.5) is 0 Å². The van der Waals surface area contributed by atoms with Crippen molar-refractivity contribution in [1.29, 1.82) is 0 Å². The van der Waals surface area contributed by atoms with Crippen molar-refractivity contribution in [3.63, 3.8) is 0 Å². The second kappa shape index (κ2) is 5.41. The molecule has 0 aliphatic heterocycles. The van der Waals surface area contributed by atoms with Crippen molar-refractivity contribution in [2.75, 3.05) is 0 Å². The van der Waals surface area contributed by atoms with Crippen molar-refractivity contribution in [1.82, 2.24) is 0 Å².